The molecule has 0 amide bonds. The van der Waals surface area contributed by atoms with Gasteiger partial charge in [-0.25, -0.2) is 4.79 Å². The summed E-state index contributed by atoms with van der Waals surface area (Å²) in [5.74, 6) is -0.555. The molecular formula is C15H21NO4. The summed E-state index contributed by atoms with van der Waals surface area (Å²) < 4.78 is 5.22. The molecule has 0 N–H and O–H groups in total. The molecule has 0 aliphatic heterocycles. The van der Waals surface area contributed by atoms with Crippen molar-refractivity contribution in [1.82, 2.24) is 0 Å². The maximum atomic E-state index is 12.0. The Bertz CT molecular complexity index is 536. The van der Waals surface area contributed by atoms with Crippen LogP contribution in [0.25, 0.3) is 0 Å². The van der Waals surface area contributed by atoms with Crippen LogP contribution >= 0.6 is 0 Å². The third-order valence-electron chi connectivity index (χ3n) is 2.64. The predicted octanol–water partition coefficient (Wildman–Crippen LogP) is 3.85. The van der Waals surface area contributed by atoms with E-state index in [9.17, 15) is 14.9 Å². The molecule has 5 heteroatoms. The maximum Gasteiger partial charge on any atom is 0.338 e. The molecule has 5 nitrogen and oxygen atoms in total. The Morgan fingerprint density at radius 1 is 1.15 bits per heavy atom. The minimum Gasteiger partial charge on any atom is -0.456 e. The van der Waals surface area contributed by atoms with Gasteiger partial charge in [-0.05, 0) is 32.3 Å². The third kappa shape index (κ3) is 4.05. The number of hydrogen-bond acceptors (Lipinski definition) is 4. The number of benzene rings is 1. The Labute approximate surface area is 119 Å². The van der Waals surface area contributed by atoms with Crippen molar-refractivity contribution in [1.29, 1.82) is 0 Å². The van der Waals surface area contributed by atoms with Crippen molar-refractivity contribution in [3.63, 3.8) is 0 Å². The Morgan fingerprint density at radius 3 is 2.10 bits per heavy atom. The number of rotatable bonds is 2. The second kappa shape index (κ2) is 5.23. The van der Waals surface area contributed by atoms with Gasteiger partial charge in [-0.1, -0.05) is 26.8 Å². The SMILES string of the molecule is CC(C)(C)OC(=O)c1ccc(C(C)(C)C)c([N+](=O)[O-])c1. The number of carbonyl (C=O) groups excluding carboxylic acids is 1. The lowest BCUT2D eigenvalue weighted by Crippen LogP contribution is -2.24. The first-order valence-corrected chi connectivity index (χ1v) is 6.44. The van der Waals surface area contributed by atoms with Gasteiger partial charge >= 0.3 is 5.97 Å². The van der Waals surface area contributed by atoms with Crippen molar-refractivity contribution in [2.24, 2.45) is 0 Å². The van der Waals surface area contributed by atoms with Gasteiger partial charge in [-0.2, -0.15) is 0 Å². The van der Waals surface area contributed by atoms with Gasteiger partial charge in [0.2, 0.25) is 0 Å². The van der Waals surface area contributed by atoms with Gasteiger partial charge in [-0.3, -0.25) is 10.1 Å². The van der Waals surface area contributed by atoms with Crippen molar-refractivity contribution < 1.29 is 14.5 Å². The lowest BCUT2D eigenvalue weighted by atomic mass is 9.85. The summed E-state index contributed by atoms with van der Waals surface area (Å²) in [6, 6.07) is 4.48. The van der Waals surface area contributed by atoms with Crippen LogP contribution < -0.4 is 0 Å². The highest BCUT2D eigenvalue weighted by Crippen LogP contribution is 2.32. The topological polar surface area (TPSA) is 69.4 Å². The number of hydrogen-bond donors (Lipinski definition) is 0. The van der Waals surface area contributed by atoms with Crippen LogP contribution in [0.3, 0.4) is 0 Å². The van der Waals surface area contributed by atoms with Gasteiger partial charge < -0.3 is 4.74 Å². The Balaban J connectivity index is 3.25. The Hall–Kier alpha value is -1.91. The van der Waals surface area contributed by atoms with E-state index < -0.39 is 16.5 Å². The van der Waals surface area contributed by atoms with Crippen LogP contribution in [0.4, 0.5) is 5.69 Å². The lowest BCUT2D eigenvalue weighted by Gasteiger charge is -2.21. The molecule has 0 spiro atoms. The van der Waals surface area contributed by atoms with Gasteiger partial charge in [0.1, 0.15) is 5.60 Å². The molecule has 0 aromatic heterocycles. The van der Waals surface area contributed by atoms with E-state index in [1.807, 2.05) is 20.8 Å². The zero-order valence-corrected chi connectivity index (χ0v) is 12.8. The number of nitro groups is 1. The van der Waals surface area contributed by atoms with Crippen LogP contribution in [-0.4, -0.2) is 16.5 Å². The van der Waals surface area contributed by atoms with E-state index in [0.29, 0.717) is 5.56 Å². The monoisotopic (exact) mass is 279 g/mol. The van der Waals surface area contributed by atoms with Gasteiger partial charge in [-0.15, -0.1) is 0 Å². The van der Waals surface area contributed by atoms with E-state index in [0.717, 1.165) is 0 Å². The summed E-state index contributed by atoms with van der Waals surface area (Å²) in [4.78, 5) is 22.7. The highest BCUT2D eigenvalue weighted by Gasteiger charge is 2.27. The van der Waals surface area contributed by atoms with Crippen LogP contribution in [-0.2, 0) is 10.2 Å². The van der Waals surface area contributed by atoms with E-state index in [4.69, 9.17) is 4.74 Å². The molecule has 0 fully saturated rings. The van der Waals surface area contributed by atoms with Gasteiger partial charge in [0, 0.05) is 11.6 Å². The molecule has 0 bridgehead atoms. The molecule has 0 atom stereocenters. The van der Waals surface area contributed by atoms with Crippen molar-refractivity contribution in [2.75, 3.05) is 0 Å². The molecule has 1 aromatic rings. The largest absolute Gasteiger partial charge is 0.456 e. The van der Waals surface area contributed by atoms with Crippen molar-refractivity contribution in [3.8, 4) is 0 Å². The standard InChI is InChI=1S/C15H21NO4/c1-14(2,3)11-8-7-10(9-12(11)16(18)19)13(17)20-15(4,5)6/h7-9H,1-6H3. The minimum atomic E-state index is -0.630. The normalized spacial score (nSPS) is 12.1. The van der Waals surface area contributed by atoms with Crippen molar-refractivity contribution >= 4 is 11.7 Å². The van der Waals surface area contributed by atoms with Crippen LogP contribution in [0.15, 0.2) is 18.2 Å². The van der Waals surface area contributed by atoms with Gasteiger partial charge in [0.05, 0.1) is 10.5 Å². The van der Waals surface area contributed by atoms with Crippen molar-refractivity contribution in [3.05, 3.63) is 39.4 Å². The van der Waals surface area contributed by atoms with E-state index in [-0.39, 0.29) is 16.7 Å². The van der Waals surface area contributed by atoms with E-state index in [2.05, 4.69) is 0 Å². The summed E-state index contributed by atoms with van der Waals surface area (Å²) >= 11 is 0. The fourth-order valence-corrected chi connectivity index (χ4v) is 1.78. The smallest absolute Gasteiger partial charge is 0.338 e. The van der Waals surface area contributed by atoms with Gasteiger partial charge in [0.25, 0.3) is 5.69 Å². The number of carbonyl (C=O) groups is 1. The molecule has 0 saturated carbocycles. The summed E-state index contributed by atoms with van der Waals surface area (Å²) in [7, 11) is 0. The quantitative estimate of drug-likeness (QED) is 0.468. The first-order chi connectivity index (χ1) is 8.92. The van der Waals surface area contributed by atoms with Crippen LogP contribution in [0.2, 0.25) is 0 Å². The maximum absolute atomic E-state index is 12.0. The average Bonchev–Trinajstić information content (AvgIpc) is 2.24. The molecule has 0 saturated heterocycles. The number of esters is 1. The zero-order chi connectivity index (χ0) is 15.7. The van der Waals surface area contributed by atoms with Crippen LogP contribution in [0.1, 0.15) is 57.5 Å². The molecule has 20 heavy (non-hydrogen) atoms. The molecule has 0 unspecified atom stereocenters. The lowest BCUT2D eigenvalue weighted by molar-refractivity contribution is -0.386. The minimum absolute atomic E-state index is 0.0548. The second-order valence-electron chi connectivity index (χ2n) is 6.74. The summed E-state index contributed by atoms with van der Waals surface area (Å²) in [6.07, 6.45) is 0. The molecule has 1 aromatic carbocycles. The molecular weight excluding hydrogens is 258 g/mol. The Kier molecular flexibility index (Phi) is 4.22. The van der Waals surface area contributed by atoms with Crippen LogP contribution in [0.5, 0.6) is 0 Å². The third-order valence-corrected chi connectivity index (χ3v) is 2.64. The molecule has 1 rings (SSSR count). The fraction of sp³-hybridized carbons (Fsp3) is 0.533. The number of nitrogens with zero attached hydrogens (tertiary/aromatic N) is 1. The highest BCUT2D eigenvalue weighted by atomic mass is 16.6. The first kappa shape index (κ1) is 16.1. The Morgan fingerprint density at radius 2 is 1.70 bits per heavy atom. The van der Waals surface area contributed by atoms with E-state index >= 15 is 0 Å². The van der Waals surface area contributed by atoms with E-state index in [1.165, 1.54) is 6.07 Å². The average molecular weight is 279 g/mol. The summed E-state index contributed by atoms with van der Waals surface area (Å²) in [5.41, 5.74) is -0.265. The molecule has 0 heterocycles. The first-order valence-electron chi connectivity index (χ1n) is 6.44. The predicted molar refractivity (Wildman–Crippen MR) is 77.0 cm³/mol. The van der Waals surface area contributed by atoms with Gasteiger partial charge in [0.15, 0.2) is 0 Å². The molecule has 0 aliphatic rings. The molecule has 0 aliphatic carbocycles. The van der Waals surface area contributed by atoms with Crippen LogP contribution in [0, 0.1) is 10.1 Å². The molecule has 0 radical (unpaired) electrons. The zero-order valence-electron chi connectivity index (χ0n) is 12.8. The second-order valence-corrected chi connectivity index (χ2v) is 6.74. The van der Waals surface area contributed by atoms with E-state index in [1.54, 1.807) is 32.9 Å². The highest BCUT2D eigenvalue weighted by molar-refractivity contribution is 5.90. The summed E-state index contributed by atoms with van der Waals surface area (Å²) in [6.45, 7) is 10.9. The fourth-order valence-electron chi connectivity index (χ4n) is 1.78. The number of ether oxygens (including phenoxy) is 1. The number of nitro benzene ring substituents is 1. The summed E-state index contributed by atoms with van der Waals surface area (Å²) in [5, 5.41) is 11.2. The molecule has 110 valence electrons. The van der Waals surface area contributed by atoms with Crippen molar-refractivity contribution in [2.45, 2.75) is 52.6 Å².